The van der Waals surface area contributed by atoms with Gasteiger partial charge in [-0.05, 0) is 69.8 Å². The lowest BCUT2D eigenvalue weighted by atomic mass is 9.92. The Bertz CT molecular complexity index is 1660. The SMILES string of the molecule is C\C(=C/C=C/C=C/C=C/C=C/C(C)C(OC1O[C@H](C(=O)O)[C@@H](O)[C@H](O)[C@H]1O)/C(C)=C/C(C)CCC/C=C/C(C)C/C=C/CCCN(C)C(=N)N)C(=O)NC1C(=O)CCC1=O. The first-order valence-corrected chi connectivity index (χ1v) is 20.8. The number of rotatable bonds is 24. The zero-order chi connectivity index (χ0) is 44.8. The van der Waals surface area contributed by atoms with E-state index in [4.69, 9.17) is 20.6 Å². The monoisotopic (exact) mass is 836 g/mol. The second kappa shape index (κ2) is 27.2. The Hall–Kier alpha value is -4.73. The van der Waals surface area contributed by atoms with E-state index < -0.39 is 54.7 Å². The maximum Gasteiger partial charge on any atom is 0.335 e. The van der Waals surface area contributed by atoms with Gasteiger partial charge in [-0.3, -0.25) is 19.8 Å². The van der Waals surface area contributed by atoms with Gasteiger partial charge in [-0.2, -0.15) is 0 Å². The summed E-state index contributed by atoms with van der Waals surface area (Å²) in [6.45, 7) is 10.4. The van der Waals surface area contributed by atoms with Crippen LogP contribution in [0.25, 0.3) is 0 Å². The highest BCUT2D eigenvalue weighted by Crippen LogP contribution is 2.29. The number of hydrogen-bond donors (Lipinski definition) is 7. The summed E-state index contributed by atoms with van der Waals surface area (Å²) in [5.74, 6) is -2.13. The normalized spacial score (nSPS) is 24.4. The van der Waals surface area contributed by atoms with E-state index in [0.717, 1.165) is 50.6 Å². The highest BCUT2D eigenvalue weighted by molar-refractivity contribution is 6.15. The van der Waals surface area contributed by atoms with Crippen LogP contribution in [0.1, 0.15) is 86.0 Å². The number of carbonyl (C=O) groups excluding carboxylic acids is 3. The molecule has 1 amide bonds. The number of aliphatic carboxylic acids is 1. The molecule has 0 bridgehead atoms. The molecule has 14 nitrogen and oxygen atoms in total. The van der Waals surface area contributed by atoms with Gasteiger partial charge in [0, 0.05) is 37.9 Å². The predicted octanol–water partition coefficient (Wildman–Crippen LogP) is 4.98. The van der Waals surface area contributed by atoms with Gasteiger partial charge in [-0.15, -0.1) is 0 Å². The van der Waals surface area contributed by atoms with Crippen LogP contribution < -0.4 is 11.1 Å². The van der Waals surface area contributed by atoms with Crippen LogP contribution in [-0.4, -0.2) is 111 Å². The topological polar surface area (TPSA) is 233 Å². The molecule has 1 aliphatic carbocycles. The molecule has 1 saturated carbocycles. The number of unbranched alkanes of at least 4 members (excludes halogenated alkanes) is 2. The summed E-state index contributed by atoms with van der Waals surface area (Å²) in [4.78, 5) is 49.4. The molecular weight excluding hydrogens is 769 g/mol. The molecule has 2 rings (SSSR count). The number of nitrogens with two attached hydrogens (primary N) is 1. The average molecular weight is 837 g/mol. The van der Waals surface area contributed by atoms with Gasteiger partial charge in [-0.25, -0.2) is 4.79 Å². The number of nitrogens with zero attached hydrogens (tertiary/aromatic N) is 1. The molecule has 5 unspecified atom stereocenters. The van der Waals surface area contributed by atoms with E-state index in [0.29, 0.717) is 11.5 Å². The number of aliphatic hydroxyl groups excluding tert-OH is 3. The second-order valence-corrected chi connectivity index (χ2v) is 15.8. The predicted molar refractivity (Wildman–Crippen MR) is 232 cm³/mol. The Morgan fingerprint density at radius 1 is 0.883 bits per heavy atom. The minimum atomic E-state index is -1.83. The van der Waals surface area contributed by atoms with Gasteiger partial charge in [0.25, 0.3) is 0 Å². The molecule has 14 heteroatoms. The number of carbonyl (C=O) groups is 4. The van der Waals surface area contributed by atoms with Crippen LogP contribution in [0.3, 0.4) is 0 Å². The number of nitrogens with one attached hydrogen (secondary N) is 2. The maximum atomic E-state index is 12.3. The number of guanidine groups is 1. The van der Waals surface area contributed by atoms with Gasteiger partial charge in [0.2, 0.25) is 5.91 Å². The van der Waals surface area contributed by atoms with Crippen molar-refractivity contribution in [2.24, 2.45) is 23.5 Å². The summed E-state index contributed by atoms with van der Waals surface area (Å²) >= 11 is 0. The van der Waals surface area contributed by atoms with Gasteiger partial charge in [0.15, 0.2) is 29.9 Å². The van der Waals surface area contributed by atoms with Gasteiger partial charge in [-0.1, -0.05) is 106 Å². The fourth-order valence-electron chi connectivity index (χ4n) is 6.60. The van der Waals surface area contributed by atoms with Crippen molar-refractivity contribution in [2.75, 3.05) is 13.6 Å². The van der Waals surface area contributed by atoms with Gasteiger partial charge < -0.3 is 45.9 Å². The zero-order valence-electron chi connectivity index (χ0n) is 36.0. The molecule has 8 N–H and O–H groups in total. The first kappa shape index (κ1) is 51.4. The number of carboxylic acid groups (broad SMARTS) is 1. The van der Waals surface area contributed by atoms with E-state index in [9.17, 15) is 39.6 Å². The zero-order valence-corrected chi connectivity index (χ0v) is 36.0. The molecule has 0 spiro atoms. The largest absolute Gasteiger partial charge is 0.479 e. The van der Waals surface area contributed by atoms with Crippen LogP contribution in [0.2, 0.25) is 0 Å². The molecule has 1 saturated heterocycles. The Kier molecular flexibility index (Phi) is 23.3. The number of aliphatic hydroxyl groups is 3. The van der Waals surface area contributed by atoms with Crippen LogP contribution in [0.5, 0.6) is 0 Å². The number of ketones is 2. The summed E-state index contributed by atoms with van der Waals surface area (Å²) in [6.07, 6.45) is 23.4. The van der Waals surface area contributed by atoms with Crippen molar-refractivity contribution < 1.29 is 49.1 Å². The minimum absolute atomic E-state index is 0.0805. The van der Waals surface area contributed by atoms with E-state index in [1.54, 1.807) is 54.4 Å². The van der Waals surface area contributed by atoms with Crippen molar-refractivity contribution in [1.29, 1.82) is 5.41 Å². The molecule has 9 atom stereocenters. The first-order valence-electron chi connectivity index (χ1n) is 20.8. The van der Waals surface area contributed by atoms with E-state index in [-0.39, 0.29) is 42.2 Å². The first-order chi connectivity index (χ1) is 28.4. The Labute approximate surface area is 355 Å². The third-order valence-electron chi connectivity index (χ3n) is 10.3. The summed E-state index contributed by atoms with van der Waals surface area (Å²) in [5.41, 5.74) is 6.66. The molecule has 0 aromatic carbocycles. The summed E-state index contributed by atoms with van der Waals surface area (Å²) in [5, 5.41) is 50.8. The number of Topliss-reactive ketones (excluding diaryl/α,β-unsaturated/α-hetero) is 2. The Balaban J connectivity index is 2.01. The molecule has 2 fully saturated rings. The van der Waals surface area contributed by atoms with Gasteiger partial charge in [0.1, 0.15) is 24.4 Å². The quantitative estimate of drug-likeness (QED) is 0.0130. The average Bonchev–Trinajstić information content (AvgIpc) is 3.51. The van der Waals surface area contributed by atoms with Crippen LogP contribution in [-0.2, 0) is 28.7 Å². The Morgan fingerprint density at radius 3 is 2.13 bits per heavy atom. The molecule has 1 heterocycles. The van der Waals surface area contributed by atoms with Crippen LogP contribution >= 0.6 is 0 Å². The van der Waals surface area contributed by atoms with E-state index in [1.807, 2.05) is 33.0 Å². The summed E-state index contributed by atoms with van der Waals surface area (Å²) < 4.78 is 11.7. The summed E-state index contributed by atoms with van der Waals surface area (Å²) in [6, 6.07) is -1.06. The van der Waals surface area contributed by atoms with Crippen LogP contribution in [0.15, 0.2) is 96.2 Å². The number of ether oxygens (including phenoxy) is 2. The van der Waals surface area contributed by atoms with Crippen LogP contribution in [0, 0.1) is 23.2 Å². The number of allylic oxidation sites excluding steroid dienone is 13. The lowest BCUT2D eigenvalue weighted by molar-refractivity contribution is -0.303. The number of amides is 1. The molecular formula is C46H68N4O10. The van der Waals surface area contributed by atoms with E-state index >= 15 is 0 Å². The highest BCUT2D eigenvalue weighted by atomic mass is 16.7. The molecule has 0 aromatic rings. The van der Waals surface area contributed by atoms with Crippen molar-refractivity contribution >= 4 is 29.4 Å². The van der Waals surface area contributed by atoms with Gasteiger partial charge >= 0.3 is 5.97 Å². The minimum Gasteiger partial charge on any atom is -0.479 e. The fraction of sp³-hybridized carbons (Fsp3) is 0.543. The molecule has 0 aromatic heterocycles. The van der Waals surface area contributed by atoms with Crippen molar-refractivity contribution in [3.8, 4) is 0 Å². The number of carboxylic acids is 1. The maximum absolute atomic E-state index is 12.3. The number of hydrogen-bond acceptors (Lipinski definition) is 10. The molecule has 0 radical (unpaired) electrons. The third-order valence-corrected chi connectivity index (χ3v) is 10.3. The van der Waals surface area contributed by atoms with E-state index in [1.165, 1.54) is 0 Å². The Morgan fingerprint density at radius 2 is 1.50 bits per heavy atom. The third kappa shape index (κ3) is 18.3. The van der Waals surface area contributed by atoms with E-state index in [2.05, 4.69) is 49.5 Å². The smallest absolute Gasteiger partial charge is 0.335 e. The van der Waals surface area contributed by atoms with Gasteiger partial charge in [0.05, 0.1) is 6.10 Å². The standard InChI is InChI=1S/C46H68N4O10/c1-30(21-15-12-13-20-28-50(6)46(47)48)22-16-14-17-23-31(2)29-34(5)41(59-45-40(55)38(53)39(54)42(60-45)44(57)58)32(3)24-18-10-8-7-9-11-19-25-33(4)43(56)49-37-35(51)26-27-36(37)52/h7-12,15-16,18-19,22,24-25,29-32,37-42,45,53-55H,13-14,17,20-21,23,26-28H2,1-6H3,(H3,47,48)(H,49,56)(H,57,58)/b9-7+,10-8+,15-12+,19-11+,22-16+,24-18+,33-25+,34-29+/t30?,31?,32?,38-,39-,40+,41?,42-,45?/m0/s1. The molecule has 2 aliphatic rings. The van der Waals surface area contributed by atoms with Crippen LogP contribution in [0.4, 0.5) is 0 Å². The lowest BCUT2D eigenvalue weighted by Gasteiger charge is -2.40. The van der Waals surface area contributed by atoms with Crippen molar-refractivity contribution in [2.45, 2.75) is 129 Å². The van der Waals surface area contributed by atoms with Crippen molar-refractivity contribution in [3.63, 3.8) is 0 Å². The van der Waals surface area contributed by atoms with Crippen molar-refractivity contribution in [3.05, 3.63) is 96.2 Å². The second-order valence-electron chi connectivity index (χ2n) is 15.8. The molecule has 332 valence electrons. The molecule has 1 aliphatic heterocycles. The fourth-order valence-corrected chi connectivity index (χ4v) is 6.60. The summed E-state index contributed by atoms with van der Waals surface area (Å²) in [7, 11) is 1.81. The van der Waals surface area contributed by atoms with Crippen molar-refractivity contribution in [1.82, 2.24) is 10.2 Å². The lowest BCUT2D eigenvalue weighted by Crippen LogP contribution is -2.61. The highest BCUT2D eigenvalue weighted by Gasteiger charge is 2.48. The molecule has 60 heavy (non-hydrogen) atoms.